The first-order chi connectivity index (χ1) is 13.1. The first kappa shape index (κ1) is 17.4. The van der Waals surface area contributed by atoms with Crippen molar-refractivity contribution >= 4 is 11.6 Å². The van der Waals surface area contributed by atoms with Gasteiger partial charge in [0.05, 0.1) is 30.0 Å². The smallest absolute Gasteiger partial charge is 0.169 e. The third-order valence-corrected chi connectivity index (χ3v) is 5.05. The van der Waals surface area contributed by atoms with E-state index < -0.39 is 0 Å². The second kappa shape index (κ2) is 7.31. The summed E-state index contributed by atoms with van der Waals surface area (Å²) in [6.07, 6.45) is 10.5. The molecule has 0 spiro atoms. The van der Waals surface area contributed by atoms with Crippen LogP contribution < -0.4 is 0 Å². The summed E-state index contributed by atoms with van der Waals surface area (Å²) in [7, 11) is 0. The summed E-state index contributed by atoms with van der Waals surface area (Å²) in [5.41, 5.74) is 3.33. The van der Waals surface area contributed by atoms with Crippen molar-refractivity contribution in [3.05, 3.63) is 71.8 Å². The summed E-state index contributed by atoms with van der Waals surface area (Å²) in [6, 6.07) is 6.92. The number of hydrogen-bond donors (Lipinski definition) is 0. The van der Waals surface area contributed by atoms with E-state index in [9.17, 15) is 9.59 Å². The molecule has 138 valence electrons. The molecule has 1 aliphatic heterocycles. The minimum Gasteiger partial charge on any atom is -0.336 e. The number of fused-ring (bicyclic) bond motifs is 4. The fourth-order valence-corrected chi connectivity index (χ4v) is 3.56. The van der Waals surface area contributed by atoms with Gasteiger partial charge >= 0.3 is 0 Å². The van der Waals surface area contributed by atoms with Crippen LogP contribution >= 0.6 is 0 Å². The standard InChI is InChI=1S/C21H22N4O2/c1-15(26)16-5-7-17(8-6-16)21(27)18-9-24-11-19(22-13-24)3-2-4-20-12-25(10-18)14-23-20/h5-8,11-14,18H,2-4,9-10H2,1H3. The van der Waals surface area contributed by atoms with Crippen molar-refractivity contribution in [1.29, 1.82) is 0 Å². The van der Waals surface area contributed by atoms with Gasteiger partial charge in [-0.15, -0.1) is 0 Å². The van der Waals surface area contributed by atoms with E-state index >= 15 is 0 Å². The van der Waals surface area contributed by atoms with Gasteiger partial charge in [0.2, 0.25) is 0 Å². The van der Waals surface area contributed by atoms with E-state index in [1.54, 1.807) is 24.3 Å². The lowest BCUT2D eigenvalue weighted by Gasteiger charge is -2.17. The minimum atomic E-state index is -0.239. The number of aryl methyl sites for hydroxylation is 2. The molecule has 0 saturated carbocycles. The number of rotatable bonds is 3. The van der Waals surface area contributed by atoms with Crippen LogP contribution in [0.3, 0.4) is 0 Å². The van der Waals surface area contributed by atoms with Crippen molar-refractivity contribution in [2.75, 3.05) is 0 Å². The molecule has 3 heterocycles. The van der Waals surface area contributed by atoms with Crippen LogP contribution in [0, 0.1) is 5.92 Å². The third-order valence-electron chi connectivity index (χ3n) is 5.05. The van der Waals surface area contributed by atoms with Gasteiger partial charge in [-0.1, -0.05) is 24.3 Å². The molecule has 0 amide bonds. The van der Waals surface area contributed by atoms with Crippen LogP contribution in [0.2, 0.25) is 0 Å². The maximum absolute atomic E-state index is 13.2. The zero-order chi connectivity index (χ0) is 18.8. The Morgan fingerprint density at radius 1 is 0.889 bits per heavy atom. The zero-order valence-corrected chi connectivity index (χ0v) is 15.3. The van der Waals surface area contributed by atoms with Gasteiger partial charge in [0.25, 0.3) is 0 Å². The monoisotopic (exact) mass is 362 g/mol. The second-order valence-corrected chi connectivity index (χ2v) is 7.17. The number of aromatic nitrogens is 4. The summed E-state index contributed by atoms with van der Waals surface area (Å²) in [6.45, 7) is 2.65. The Hall–Kier alpha value is -3.02. The summed E-state index contributed by atoms with van der Waals surface area (Å²) in [5.74, 6) is -0.179. The molecule has 6 heteroatoms. The van der Waals surface area contributed by atoms with Crippen molar-refractivity contribution in [3.8, 4) is 0 Å². The van der Waals surface area contributed by atoms with Crippen LogP contribution in [-0.4, -0.2) is 30.7 Å². The number of ketones is 2. The number of benzene rings is 1. The summed E-state index contributed by atoms with van der Waals surface area (Å²) < 4.78 is 4.00. The topological polar surface area (TPSA) is 69.8 Å². The predicted molar refractivity (Wildman–Crippen MR) is 101 cm³/mol. The third kappa shape index (κ3) is 3.89. The van der Waals surface area contributed by atoms with E-state index in [4.69, 9.17) is 0 Å². The van der Waals surface area contributed by atoms with Gasteiger partial charge < -0.3 is 9.13 Å². The first-order valence-electron chi connectivity index (χ1n) is 9.25. The van der Waals surface area contributed by atoms with E-state index in [0.717, 1.165) is 30.7 Å². The summed E-state index contributed by atoms with van der Waals surface area (Å²) in [4.78, 5) is 33.6. The number of nitrogens with zero attached hydrogens (tertiary/aromatic N) is 4. The van der Waals surface area contributed by atoms with Crippen LogP contribution in [0.1, 0.15) is 45.4 Å². The second-order valence-electron chi connectivity index (χ2n) is 7.17. The Morgan fingerprint density at radius 2 is 1.41 bits per heavy atom. The Kier molecular flexibility index (Phi) is 4.71. The predicted octanol–water partition coefficient (Wildman–Crippen LogP) is 2.97. The minimum absolute atomic E-state index is 0.00287. The molecule has 6 nitrogen and oxygen atoms in total. The molecular weight excluding hydrogens is 340 g/mol. The Bertz CT molecular complexity index is 924. The van der Waals surface area contributed by atoms with E-state index in [-0.39, 0.29) is 17.5 Å². The molecule has 3 aromatic rings. The number of imidazole rings is 2. The van der Waals surface area contributed by atoms with E-state index in [1.807, 2.05) is 34.2 Å². The van der Waals surface area contributed by atoms with Crippen molar-refractivity contribution in [2.24, 2.45) is 5.92 Å². The SMILES string of the molecule is CC(=O)c1ccc(C(=O)C2Cn3cnc(c3)CCCc3cn(cn3)C2)cc1. The van der Waals surface area contributed by atoms with Gasteiger partial charge in [-0.3, -0.25) is 9.59 Å². The number of carbonyl (C=O) groups excluding carboxylic acids is 2. The van der Waals surface area contributed by atoms with E-state index in [1.165, 1.54) is 6.92 Å². The molecule has 0 N–H and O–H groups in total. The first-order valence-corrected chi connectivity index (χ1v) is 9.25. The molecule has 4 bridgehead atoms. The molecule has 0 saturated heterocycles. The highest BCUT2D eigenvalue weighted by Gasteiger charge is 2.22. The molecule has 4 rings (SSSR count). The maximum Gasteiger partial charge on any atom is 0.169 e. The van der Waals surface area contributed by atoms with Gasteiger partial charge in [-0.2, -0.15) is 0 Å². The van der Waals surface area contributed by atoms with Gasteiger partial charge in [-0.25, -0.2) is 9.97 Å². The lowest BCUT2D eigenvalue weighted by Crippen LogP contribution is -2.25. The fourth-order valence-electron chi connectivity index (χ4n) is 3.56. The Balaban J connectivity index is 1.63. The molecule has 27 heavy (non-hydrogen) atoms. The number of carbonyl (C=O) groups is 2. The molecular formula is C21H22N4O2. The summed E-state index contributed by atoms with van der Waals surface area (Å²) in [5, 5.41) is 0. The normalized spacial score (nSPS) is 15.0. The van der Waals surface area contributed by atoms with Crippen LogP contribution in [0.25, 0.3) is 0 Å². The highest BCUT2D eigenvalue weighted by Crippen LogP contribution is 2.18. The number of hydrogen-bond acceptors (Lipinski definition) is 4. The zero-order valence-electron chi connectivity index (χ0n) is 15.3. The molecule has 0 unspecified atom stereocenters. The Labute approximate surface area is 157 Å². The molecule has 2 aromatic heterocycles. The highest BCUT2D eigenvalue weighted by molar-refractivity contribution is 5.99. The molecule has 0 fully saturated rings. The van der Waals surface area contributed by atoms with Crippen molar-refractivity contribution in [2.45, 2.75) is 39.3 Å². The largest absolute Gasteiger partial charge is 0.336 e. The maximum atomic E-state index is 13.2. The molecule has 0 atom stereocenters. The summed E-state index contributed by atoms with van der Waals surface area (Å²) >= 11 is 0. The van der Waals surface area contributed by atoms with Crippen molar-refractivity contribution in [1.82, 2.24) is 19.1 Å². The van der Waals surface area contributed by atoms with Gasteiger partial charge in [0.15, 0.2) is 11.6 Å². The lowest BCUT2D eigenvalue weighted by molar-refractivity contribution is 0.0891. The average Bonchev–Trinajstić information content (AvgIpc) is 3.30. The fraction of sp³-hybridized carbons (Fsp3) is 0.333. The van der Waals surface area contributed by atoms with Crippen LogP contribution in [0.4, 0.5) is 0 Å². The van der Waals surface area contributed by atoms with Gasteiger partial charge in [0.1, 0.15) is 0 Å². The Morgan fingerprint density at radius 3 is 1.93 bits per heavy atom. The van der Waals surface area contributed by atoms with Crippen molar-refractivity contribution in [3.63, 3.8) is 0 Å². The van der Waals surface area contributed by atoms with Crippen LogP contribution in [0.5, 0.6) is 0 Å². The molecule has 1 aromatic carbocycles. The van der Waals surface area contributed by atoms with Gasteiger partial charge in [0, 0.05) is 36.6 Å². The highest BCUT2D eigenvalue weighted by atomic mass is 16.1. The van der Waals surface area contributed by atoms with Crippen LogP contribution in [-0.2, 0) is 25.9 Å². The van der Waals surface area contributed by atoms with Gasteiger partial charge in [-0.05, 0) is 26.2 Å². The molecule has 1 aliphatic rings. The van der Waals surface area contributed by atoms with Crippen molar-refractivity contribution < 1.29 is 9.59 Å². The van der Waals surface area contributed by atoms with E-state index in [0.29, 0.717) is 24.2 Å². The van der Waals surface area contributed by atoms with E-state index in [2.05, 4.69) is 9.97 Å². The number of Topliss-reactive ketones (excluding diaryl/α,β-unsaturated/α-hetero) is 2. The quantitative estimate of drug-likeness (QED) is 0.672. The molecule has 0 radical (unpaired) electrons. The van der Waals surface area contributed by atoms with Crippen LogP contribution in [0.15, 0.2) is 49.3 Å². The lowest BCUT2D eigenvalue weighted by atomic mass is 9.96. The molecule has 0 aliphatic carbocycles. The average molecular weight is 362 g/mol.